The van der Waals surface area contributed by atoms with Gasteiger partial charge >= 0.3 is 7.12 Å². The van der Waals surface area contributed by atoms with Gasteiger partial charge in [-0.3, -0.25) is 33.6 Å². The number of carbonyl (C=O) groups excluding carboxylic acids is 7. The number of carbonyl (C=O) groups is 7. The standard InChI is InChI=1S/C57H76BN3O11/c1-10-11-12-38-13-17-40(18-14-38)41-19-21-42(22-20-41)49(66)30-43(33-62)55(70)60-36(4)47(64)25-26-53(68)61(9)46(29-39-15-23-45(63)24-16-39)50(67)27-34(2)54(69)59-37(5)48(65)28-35(3)58-71-52-32-44-31-51(56(44,6)7)57(52,8)72-58/h13-24,34-37,43-44,46,51-52,62-63H,10-12,25-33H2,1-9H3,(H,59,69)(H,60,70)/t34-,35-,36-,37+,43-,44+,46+,51+,52?,57+/m1/s1. The number of likely N-dealkylation sites (N-methyl/N-ethyl adjacent to an activating group) is 1. The lowest BCUT2D eigenvalue weighted by atomic mass is 9.43. The number of nitrogens with zero attached hydrogens (tertiary/aromatic N) is 1. The average molecular weight is 990 g/mol. The molecule has 3 aliphatic carbocycles. The van der Waals surface area contributed by atoms with Crippen LogP contribution in [0.4, 0.5) is 0 Å². The molecule has 3 aromatic rings. The van der Waals surface area contributed by atoms with Crippen LogP contribution in [0.15, 0.2) is 72.8 Å². The maximum Gasteiger partial charge on any atom is 0.461 e. The smallest absolute Gasteiger partial charge is 0.461 e. The van der Waals surface area contributed by atoms with Crippen molar-refractivity contribution in [1.82, 2.24) is 15.5 Å². The van der Waals surface area contributed by atoms with Crippen molar-refractivity contribution in [1.29, 1.82) is 0 Å². The largest absolute Gasteiger partial charge is 0.508 e. The molecule has 15 heteroatoms. The molecular formula is C57H76BN3O11. The van der Waals surface area contributed by atoms with E-state index in [-0.39, 0.29) is 73.2 Å². The molecule has 10 atom stereocenters. The van der Waals surface area contributed by atoms with Crippen LogP contribution in [0, 0.1) is 29.1 Å². The summed E-state index contributed by atoms with van der Waals surface area (Å²) in [6.45, 7) is 14.8. The zero-order chi connectivity index (χ0) is 52.7. The Bertz CT molecular complexity index is 2430. The molecule has 0 aromatic heterocycles. The lowest BCUT2D eigenvalue weighted by Crippen LogP contribution is -2.65. The topological polar surface area (TPSA) is 206 Å². The molecule has 3 saturated carbocycles. The molecule has 388 valence electrons. The molecule has 4 N–H and O–H groups in total. The predicted octanol–water partition coefficient (Wildman–Crippen LogP) is 7.68. The Kier molecular flexibility index (Phi) is 18.6. The summed E-state index contributed by atoms with van der Waals surface area (Å²) in [5, 5.41) is 25.4. The maximum atomic E-state index is 14.0. The molecule has 4 fully saturated rings. The second kappa shape index (κ2) is 24.0. The van der Waals surface area contributed by atoms with Crippen LogP contribution in [0.3, 0.4) is 0 Å². The number of hydrogen-bond donors (Lipinski definition) is 4. The minimum atomic E-state index is -1.11. The molecule has 0 spiro atoms. The number of phenolic OH excluding ortho intramolecular Hbond substituents is 1. The Hall–Kier alpha value is -5.51. The highest BCUT2D eigenvalue weighted by Crippen LogP contribution is 2.66. The average Bonchev–Trinajstić information content (AvgIpc) is 3.73. The van der Waals surface area contributed by atoms with Crippen LogP contribution in [-0.4, -0.2) is 107 Å². The van der Waals surface area contributed by atoms with Crippen LogP contribution in [0.1, 0.15) is 135 Å². The summed E-state index contributed by atoms with van der Waals surface area (Å²) in [4.78, 5) is 95.7. The first kappa shape index (κ1) is 55.8. The van der Waals surface area contributed by atoms with Gasteiger partial charge in [-0.1, -0.05) is 102 Å². The zero-order valence-electron chi connectivity index (χ0n) is 43.7. The minimum Gasteiger partial charge on any atom is -0.508 e. The number of unbranched alkanes of at least 4 members (excludes halogenated alkanes) is 1. The number of phenols is 1. The van der Waals surface area contributed by atoms with Gasteiger partial charge in [0, 0.05) is 50.6 Å². The number of aryl methyl sites for hydroxylation is 1. The Balaban J connectivity index is 0.975. The summed E-state index contributed by atoms with van der Waals surface area (Å²) in [5.41, 5.74) is 4.04. The molecule has 2 bridgehead atoms. The monoisotopic (exact) mass is 990 g/mol. The fourth-order valence-electron chi connectivity index (χ4n) is 10.9. The van der Waals surface area contributed by atoms with Crippen LogP contribution in [0.25, 0.3) is 11.1 Å². The number of ketones is 4. The Morgan fingerprint density at radius 2 is 1.35 bits per heavy atom. The summed E-state index contributed by atoms with van der Waals surface area (Å²) in [6, 6.07) is 18.6. The van der Waals surface area contributed by atoms with Crippen LogP contribution in [-0.2, 0) is 50.9 Å². The molecular weight excluding hydrogens is 913 g/mol. The third-order valence-corrected chi connectivity index (χ3v) is 16.1. The van der Waals surface area contributed by atoms with E-state index in [9.17, 15) is 43.8 Å². The molecule has 3 amide bonds. The molecule has 1 unspecified atom stereocenters. The van der Waals surface area contributed by atoms with Gasteiger partial charge in [-0.2, -0.15) is 0 Å². The highest BCUT2D eigenvalue weighted by molar-refractivity contribution is 6.47. The number of nitrogens with one attached hydrogen (secondary N) is 2. The van der Waals surface area contributed by atoms with Gasteiger partial charge < -0.3 is 35.1 Å². The Morgan fingerprint density at radius 3 is 1.96 bits per heavy atom. The molecule has 1 aliphatic heterocycles. The van der Waals surface area contributed by atoms with E-state index in [4.69, 9.17) is 9.31 Å². The fraction of sp³-hybridized carbons (Fsp3) is 0.561. The maximum absolute atomic E-state index is 14.0. The van der Waals surface area contributed by atoms with Crippen molar-refractivity contribution in [3.63, 3.8) is 0 Å². The number of aliphatic hydroxyl groups excluding tert-OH is 1. The van der Waals surface area contributed by atoms with E-state index in [2.05, 4.69) is 62.6 Å². The molecule has 1 heterocycles. The van der Waals surface area contributed by atoms with E-state index in [0.717, 1.165) is 43.2 Å². The number of amides is 3. The number of Topliss-reactive ketones (excluding diaryl/α,β-unsaturated/α-hetero) is 4. The van der Waals surface area contributed by atoms with E-state index in [0.29, 0.717) is 23.0 Å². The van der Waals surface area contributed by atoms with Gasteiger partial charge in [0.25, 0.3) is 0 Å². The van der Waals surface area contributed by atoms with Gasteiger partial charge in [0.15, 0.2) is 23.1 Å². The third-order valence-electron chi connectivity index (χ3n) is 16.1. The SMILES string of the molecule is CCCCc1ccc(-c2ccc(C(=O)C[C@H](CO)C(=O)N[C@H](C)C(=O)CCC(=O)N(C)[C@@H](Cc3ccc(O)cc3)C(=O)C[C@@H](C)C(=O)N[C@@H](C)C(=O)C[C@@H](C)B3OC4C[C@@H]5C[C@@H](C5(C)C)[C@]4(C)O3)cc2)cc1. The summed E-state index contributed by atoms with van der Waals surface area (Å²) in [7, 11) is 0.922. The van der Waals surface area contributed by atoms with Gasteiger partial charge in [-0.05, 0) is 110 Å². The molecule has 14 nitrogen and oxygen atoms in total. The van der Waals surface area contributed by atoms with E-state index < -0.39 is 78.6 Å². The quantitative estimate of drug-likeness (QED) is 0.0453. The molecule has 7 rings (SSSR count). The van der Waals surface area contributed by atoms with Crippen molar-refractivity contribution in [2.45, 2.75) is 162 Å². The lowest BCUT2D eigenvalue weighted by molar-refractivity contribution is -0.199. The second-order valence-electron chi connectivity index (χ2n) is 21.8. The number of benzene rings is 3. The highest BCUT2D eigenvalue weighted by Gasteiger charge is 2.68. The van der Waals surface area contributed by atoms with Crippen LogP contribution < -0.4 is 10.6 Å². The Morgan fingerprint density at radius 1 is 0.750 bits per heavy atom. The summed E-state index contributed by atoms with van der Waals surface area (Å²) in [5.74, 6) is -4.32. The number of rotatable bonds is 26. The van der Waals surface area contributed by atoms with Gasteiger partial charge in [0.2, 0.25) is 17.7 Å². The molecule has 1 saturated heterocycles. The zero-order valence-corrected chi connectivity index (χ0v) is 43.7. The lowest BCUT2D eigenvalue weighted by Gasteiger charge is -2.64. The summed E-state index contributed by atoms with van der Waals surface area (Å²) >= 11 is 0. The normalized spacial score (nSPS) is 22.2. The number of hydrogen-bond acceptors (Lipinski definition) is 11. The van der Waals surface area contributed by atoms with Crippen molar-refractivity contribution in [2.75, 3.05) is 13.7 Å². The van der Waals surface area contributed by atoms with E-state index in [1.165, 1.54) is 36.6 Å². The third kappa shape index (κ3) is 13.2. The molecule has 0 radical (unpaired) electrons. The molecule has 72 heavy (non-hydrogen) atoms. The number of aliphatic hydroxyl groups is 1. The summed E-state index contributed by atoms with van der Waals surface area (Å²) < 4.78 is 13.0. The van der Waals surface area contributed by atoms with E-state index >= 15 is 0 Å². The van der Waals surface area contributed by atoms with E-state index in [1.54, 1.807) is 38.1 Å². The van der Waals surface area contributed by atoms with Crippen molar-refractivity contribution < 1.29 is 53.1 Å². The first-order chi connectivity index (χ1) is 34.1. The van der Waals surface area contributed by atoms with E-state index in [1.807, 2.05) is 19.1 Å². The van der Waals surface area contributed by atoms with Gasteiger partial charge in [0.1, 0.15) is 5.75 Å². The first-order valence-corrected chi connectivity index (χ1v) is 25.9. The van der Waals surface area contributed by atoms with Crippen LogP contribution >= 0.6 is 0 Å². The van der Waals surface area contributed by atoms with Crippen LogP contribution in [0.5, 0.6) is 5.75 Å². The first-order valence-electron chi connectivity index (χ1n) is 25.9. The fourth-order valence-corrected chi connectivity index (χ4v) is 10.9. The van der Waals surface area contributed by atoms with Crippen molar-refractivity contribution in [2.24, 2.45) is 29.1 Å². The Labute approximate surface area is 425 Å². The van der Waals surface area contributed by atoms with Crippen molar-refractivity contribution >= 4 is 48.0 Å². The van der Waals surface area contributed by atoms with Crippen molar-refractivity contribution in [3.8, 4) is 16.9 Å². The second-order valence-corrected chi connectivity index (χ2v) is 21.8. The highest BCUT2D eigenvalue weighted by atomic mass is 16.7. The predicted molar refractivity (Wildman–Crippen MR) is 276 cm³/mol. The van der Waals surface area contributed by atoms with Crippen LogP contribution in [0.2, 0.25) is 5.82 Å². The number of aromatic hydroxyl groups is 1. The van der Waals surface area contributed by atoms with Gasteiger partial charge in [-0.25, -0.2) is 0 Å². The molecule has 4 aliphatic rings. The van der Waals surface area contributed by atoms with Gasteiger partial charge in [-0.15, -0.1) is 0 Å². The van der Waals surface area contributed by atoms with Crippen molar-refractivity contribution in [3.05, 3.63) is 89.5 Å². The summed E-state index contributed by atoms with van der Waals surface area (Å²) in [6.07, 6.45) is 4.41. The minimum absolute atomic E-state index is 0.0117. The molecule has 3 aromatic carbocycles. The van der Waals surface area contributed by atoms with Gasteiger partial charge in [0.05, 0.1) is 42.4 Å².